The second-order valence-electron chi connectivity index (χ2n) is 15.0. The summed E-state index contributed by atoms with van der Waals surface area (Å²) in [7, 11) is 0. The normalized spacial score (nSPS) is 35.6. The molecule has 238 valence electrons. The van der Waals surface area contributed by atoms with E-state index < -0.39 is 75.6 Å². The molecule has 0 aromatic heterocycles. The highest BCUT2D eigenvalue weighted by Crippen LogP contribution is 2.66. The zero-order chi connectivity index (χ0) is 32.6. The van der Waals surface area contributed by atoms with E-state index in [9.17, 15) is 39.6 Å². The number of nitrogens with one attached hydrogen (secondary N) is 2. The Balaban J connectivity index is 1.86. The second kappa shape index (κ2) is 10.6. The number of amides is 3. The molecule has 11 nitrogen and oxygen atoms in total. The molecule has 2 fully saturated rings. The Morgan fingerprint density at radius 3 is 2.28 bits per heavy atom. The van der Waals surface area contributed by atoms with Crippen LogP contribution in [0.3, 0.4) is 0 Å². The third-order valence-electron chi connectivity index (χ3n) is 10.3. The molecule has 2 unspecified atom stereocenters. The molecule has 4 rings (SSSR count). The van der Waals surface area contributed by atoms with Crippen LogP contribution in [0.25, 0.3) is 0 Å². The minimum absolute atomic E-state index is 0.0262. The van der Waals surface area contributed by atoms with Gasteiger partial charge in [0, 0.05) is 12.0 Å². The third kappa shape index (κ3) is 4.84. The van der Waals surface area contributed by atoms with E-state index in [4.69, 9.17) is 5.73 Å². The number of rotatable bonds is 5. The molecule has 0 bridgehead atoms. The Bertz CT molecular complexity index is 1370. The standard InChI is InChI=1S/C32H47N3O8/c1-9-15-10-17(35-28(42)34-13-29(4,5)6)22(36)18-16(15)11-30(7)12-31(8)20(14(2)3)24(38)19(27(33)41)25(39)32(31,43)26(40)21(30)23(18)37/h10,14,19-21,24,26,36,38,40,43H,9,11-13H2,1-8H3,(H2,33,41)(H2,34,35,42)/t19-,20+,21-,24?,26?,30-,31-,32+/m1/s1. The summed E-state index contributed by atoms with van der Waals surface area (Å²) >= 11 is 0. The van der Waals surface area contributed by atoms with Crippen LogP contribution in [0.2, 0.25) is 0 Å². The van der Waals surface area contributed by atoms with Crippen molar-refractivity contribution in [1.29, 1.82) is 0 Å². The zero-order valence-electron chi connectivity index (χ0n) is 26.4. The summed E-state index contributed by atoms with van der Waals surface area (Å²) < 4.78 is 0. The number of hydrogen-bond acceptors (Lipinski definition) is 8. The summed E-state index contributed by atoms with van der Waals surface area (Å²) in [6.45, 7) is 15.1. The van der Waals surface area contributed by atoms with Crippen LogP contribution in [0.4, 0.5) is 10.5 Å². The highest BCUT2D eigenvalue weighted by Gasteiger charge is 2.76. The van der Waals surface area contributed by atoms with E-state index in [-0.39, 0.29) is 35.4 Å². The number of carbonyl (C=O) groups excluding carboxylic acids is 4. The fraction of sp³-hybridized carbons (Fsp3) is 0.688. The van der Waals surface area contributed by atoms with Gasteiger partial charge in [-0.2, -0.15) is 0 Å². The van der Waals surface area contributed by atoms with Crippen molar-refractivity contribution in [1.82, 2.24) is 5.32 Å². The van der Waals surface area contributed by atoms with E-state index in [1.807, 2.05) is 34.6 Å². The van der Waals surface area contributed by atoms with Crippen LogP contribution >= 0.6 is 0 Å². The van der Waals surface area contributed by atoms with Gasteiger partial charge in [0.05, 0.1) is 23.3 Å². The summed E-state index contributed by atoms with van der Waals surface area (Å²) in [6.07, 6.45) is -2.67. The first-order valence-electron chi connectivity index (χ1n) is 15.0. The number of phenolic OH excluding ortho intramolecular Hbond substituents is 1. The molecule has 0 spiro atoms. The van der Waals surface area contributed by atoms with E-state index in [1.54, 1.807) is 26.8 Å². The Morgan fingerprint density at radius 2 is 1.77 bits per heavy atom. The van der Waals surface area contributed by atoms with Crippen molar-refractivity contribution in [2.45, 2.75) is 92.5 Å². The summed E-state index contributed by atoms with van der Waals surface area (Å²) in [6, 6.07) is 1.08. The summed E-state index contributed by atoms with van der Waals surface area (Å²) in [5, 5.41) is 52.2. The number of benzene rings is 1. The first-order chi connectivity index (χ1) is 19.7. The van der Waals surface area contributed by atoms with Gasteiger partial charge in [0.25, 0.3) is 0 Å². The lowest BCUT2D eigenvalue weighted by Crippen LogP contribution is -2.79. The highest BCUT2D eigenvalue weighted by molar-refractivity contribution is 6.10. The Kier molecular flexibility index (Phi) is 8.07. The third-order valence-corrected chi connectivity index (χ3v) is 10.3. The number of aromatic hydroxyl groups is 1. The van der Waals surface area contributed by atoms with Crippen molar-refractivity contribution in [3.63, 3.8) is 0 Å². The van der Waals surface area contributed by atoms with E-state index in [0.717, 1.165) is 5.56 Å². The number of fused-ring (bicyclic) bond motifs is 3. The molecule has 43 heavy (non-hydrogen) atoms. The molecule has 3 aliphatic rings. The predicted molar refractivity (Wildman–Crippen MR) is 159 cm³/mol. The molecule has 0 radical (unpaired) electrons. The van der Waals surface area contributed by atoms with Crippen LogP contribution in [-0.2, 0) is 22.4 Å². The van der Waals surface area contributed by atoms with Gasteiger partial charge >= 0.3 is 6.03 Å². The maximum absolute atomic E-state index is 14.4. The minimum atomic E-state index is -2.58. The van der Waals surface area contributed by atoms with Gasteiger partial charge in [-0.15, -0.1) is 0 Å². The quantitative estimate of drug-likeness (QED) is 0.197. The van der Waals surface area contributed by atoms with Crippen molar-refractivity contribution in [2.24, 2.45) is 45.7 Å². The van der Waals surface area contributed by atoms with Gasteiger partial charge in [0.2, 0.25) is 5.91 Å². The predicted octanol–water partition coefficient (Wildman–Crippen LogP) is 2.30. The van der Waals surface area contributed by atoms with E-state index in [2.05, 4.69) is 10.6 Å². The number of nitrogens with two attached hydrogens (primary N) is 1. The van der Waals surface area contributed by atoms with Gasteiger partial charge in [-0.3, -0.25) is 14.4 Å². The number of phenols is 1. The molecule has 11 heteroatoms. The van der Waals surface area contributed by atoms with E-state index >= 15 is 0 Å². The summed E-state index contributed by atoms with van der Waals surface area (Å²) in [5.74, 6) is -7.60. The fourth-order valence-corrected chi connectivity index (χ4v) is 8.60. The maximum atomic E-state index is 14.4. The number of aliphatic hydroxyl groups is 3. The summed E-state index contributed by atoms with van der Waals surface area (Å²) in [4.78, 5) is 53.3. The first kappa shape index (κ1) is 32.9. The van der Waals surface area contributed by atoms with Gasteiger partial charge in [0.15, 0.2) is 17.2 Å². The van der Waals surface area contributed by atoms with Crippen molar-refractivity contribution < 1.29 is 39.6 Å². The molecule has 0 aliphatic heterocycles. The fourth-order valence-electron chi connectivity index (χ4n) is 8.60. The van der Waals surface area contributed by atoms with Crippen LogP contribution < -0.4 is 16.4 Å². The maximum Gasteiger partial charge on any atom is 0.319 e. The van der Waals surface area contributed by atoms with Gasteiger partial charge in [-0.25, -0.2) is 4.79 Å². The number of hydrogen-bond donors (Lipinski definition) is 7. The van der Waals surface area contributed by atoms with Crippen LogP contribution in [0, 0.1) is 39.9 Å². The molecule has 8 N–H and O–H groups in total. The Hall–Kier alpha value is -3.02. The number of Topliss-reactive ketones (excluding diaryl/α,β-unsaturated/α-hetero) is 2. The first-order valence-corrected chi connectivity index (χ1v) is 15.0. The molecule has 8 atom stereocenters. The van der Waals surface area contributed by atoms with Crippen molar-refractivity contribution >= 4 is 29.2 Å². The average molecular weight is 602 g/mol. The number of aliphatic hydroxyl groups excluding tert-OH is 2. The van der Waals surface area contributed by atoms with E-state index in [1.165, 1.54) is 0 Å². The topological polar surface area (TPSA) is 199 Å². The lowest BCUT2D eigenvalue weighted by atomic mass is 9.39. The number of ketones is 2. The number of anilines is 1. The zero-order valence-corrected chi connectivity index (χ0v) is 26.4. The Morgan fingerprint density at radius 1 is 1.16 bits per heavy atom. The lowest BCUT2D eigenvalue weighted by Gasteiger charge is -2.66. The minimum Gasteiger partial charge on any atom is -0.505 e. The molecule has 1 aromatic carbocycles. The Labute approximate surface area is 252 Å². The van der Waals surface area contributed by atoms with Crippen molar-refractivity contribution in [2.75, 3.05) is 11.9 Å². The monoisotopic (exact) mass is 601 g/mol. The second-order valence-corrected chi connectivity index (χ2v) is 15.0. The molecule has 0 heterocycles. The number of aryl methyl sites for hydroxylation is 1. The van der Waals surface area contributed by atoms with Gasteiger partial charge in [0.1, 0.15) is 17.8 Å². The molecular formula is C32H47N3O8. The van der Waals surface area contributed by atoms with Crippen molar-refractivity contribution in [3.8, 4) is 5.75 Å². The number of carbonyl (C=O) groups is 4. The van der Waals surface area contributed by atoms with Crippen LogP contribution in [0.1, 0.15) is 83.3 Å². The van der Waals surface area contributed by atoms with Gasteiger partial charge < -0.3 is 36.8 Å². The molecule has 3 aliphatic carbocycles. The highest BCUT2D eigenvalue weighted by atomic mass is 16.4. The molecule has 0 saturated heterocycles. The van der Waals surface area contributed by atoms with Crippen LogP contribution in [0.15, 0.2) is 6.07 Å². The van der Waals surface area contributed by atoms with Crippen LogP contribution in [-0.4, -0.2) is 68.3 Å². The van der Waals surface area contributed by atoms with Crippen molar-refractivity contribution in [3.05, 3.63) is 22.8 Å². The number of primary amides is 1. The lowest BCUT2D eigenvalue weighted by molar-refractivity contribution is -0.265. The SMILES string of the molecule is CCc1cc(NC(=O)NCC(C)(C)C)c(O)c2c1C[C@]1(C)C[C@]3(C)[C@@H](C(C)C)C(O)[C@@H](C(N)=O)C(=O)[C@]3(O)C(O)[C@H]1C2=O. The molecular weight excluding hydrogens is 554 g/mol. The largest absolute Gasteiger partial charge is 0.505 e. The number of urea groups is 1. The van der Waals surface area contributed by atoms with Crippen LogP contribution in [0.5, 0.6) is 5.75 Å². The average Bonchev–Trinajstić information content (AvgIpc) is 2.85. The summed E-state index contributed by atoms with van der Waals surface area (Å²) in [5.41, 5.74) is 1.59. The molecule has 2 saturated carbocycles. The van der Waals surface area contributed by atoms with E-state index in [0.29, 0.717) is 18.5 Å². The molecule has 1 aromatic rings. The van der Waals surface area contributed by atoms with Gasteiger partial charge in [-0.1, -0.05) is 55.4 Å². The smallest absolute Gasteiger partial charge is 0.319 e. The molecule has 3 amide bonds. The van der Waals surface area contributed by atoms with Gasteiger partial charge in [-0.05, 0) is 59.1 Å².